The quantitative estimate of drug-likeness (QED) is 0.0346. The molecule has 0 bridgehead atoms. The highest BCUT2D eigenvalue weighted by Gasteiger charge is 2.16. The molecule has 5 nitrogen and oxygen atoms in total. The van der Waals surface area contributed by atoms with Crippen LogP contribution >= 0.6 is 0 Å². The van der Waals surface area contributed by atoms with Gasteiger partial charge in [0.25, 0.3) is 0 Å². The minimum Gasteiger partial charge on any atom is -0.463 e. The lowest BCUT2D eigenvalue weighted by atomic mass is 10.0. The molecule has 0 aromatic carbocycles. The molecule has 0 radical (unpaired) electrons. The average molecular weight is 895 g/mol. The molecule has 1 atom stereocenters. The van der Waals surface area contributed by atoms with Crippen LogP contribution in [0.3, 0.4) is 0 Å². The van der Waals surface area contributed by atoms with Crippen LogP contribution in [0.15, 0.2) is 60.8 Å². The van der Waals surface area contributed by atoms with Crippen molar-refractivity contribution in [1.82, 2.24) is 0 Å². The number of esters is 2. The van der Waals surface area contributed by atoms with Crippen molar-refractivity contribution in [3.05, 3.63) is 60.8 Å². The third-order valence-corrected chi connectivity index (χ3v) is 12.1. The molecule has 0 saturated carbocycles. The van der Waals surface area contributed by atoms with E-state index in [1.54, 1.807) is 0 Å². The monoisotopic (exact) mass is 895 g/mol. The number of hydrogen-bond acceptors (Lipinski definition) is 5. The molecule has 0 aliphatic rings. The summed E-state index contributed by atoms with van der Waals surface area (Å²) < 4.78 is 17.5. The van der Waals surface area contributed by atoms with Gasteiger partial charge in [0, 0.05) is 19.4 Å². The Kier molecular flexibility index (Phi) is 52.9. The Morgan fingerprint density at radius 2 is 0.641 bits per heavy atom. The molecule has 372 valence electrons. The Morgan fingerprint density at radius 3 is 1.02 bits per heavy atom. The Morgan fingerprint density at radius 1 is 0.344 bits per heavy atom. The van der Waals surface area contributed by atoms with Gasteiger partial charge in [-0.3, -0.25) is 9.59 Å². The van der Waals surface area contributed by atoms with E-state index in [9.17, 15) is 9.59 Å². The van der Waals surface area contributed by atoms with Gasteiger partial charge in [-0.1, -0.05) is 242 Å². The Labute approximate surface area is 398 Å². The highest BCUT2D eigenvalue weighted by atomic mass is 16.6. The van der Waals surface area contributed by atoms with E-state index in [1.165, 1.54) is 148 Å². The summed E-state index contributed by atoms with van der Waals surface area (Å²) in [6.07, 6.45) is 69.7. The summed E-state index contributed by atoms with van der Waals surface area (Å²) in [6.45, 7) is 7.61. The van der Waals surface area contributed by atoms with Gasteiger partial charge in [0.1, 0.15) is 19.3 Å². The Balaban J connectivity index is 4.30. The van der Waals surface area contributed by atoms with Gasteiger partial charge in [-0.05, 0) is 83.5 Å². The molecule has 0 N–H and O–H groups in total. The van der Waals surface area contributed by atoms with Crippen LogP contribution in [0.4, 0.5) is 0 Å². The van der Waals surface area contributed by atoms with Crippen molar-refractivity contribution in [2.24, 2.45) is 0 Å². The molecule has 64 heavy (non-hydrogen) atoms. The molecule has 0 unspecified atom stereocenters. The fraction of sp³-hybridized carbons (Fsp3) is 0.797. The first-order valence-electron chi connectivity index (χ1n) is 27.8. The summed E-state index contributed by atoms with van der Waals surface area (Å²) in [4.78, 5) is 25.3. The molecule has 0 aromatic rings. The van der Waals surface area contributed by atoms with Gasteiger partial charge >= 0.3 is 11.9 Å². The highest BCUT2D eigenvalue weighted by molar-refractivity contribution is 5.69. The first-order valence-corrected chi connectivity index (χ1v) is 27.8. The fourth-order valence-electron chi connectivity index (χ4n) is 7.88. The van der Waals surface area contributed by atoms with Gasteiger partial charge in [-0.25, -0.2) is 0 Å². The van der Waals surface area contributed by atoms with E-state index in [0.29, 0.717) is 19.4 Å². The lowest BCUT2D eigenvalue weighted by Gasteiger charge is -2.18. The van der Waals surface area contributed by atoms with Crippen LogP contribution in [0.25, 0.3) is 0 Å². The van der Waals surface area contributed by atoms with Gasteiger partial charge in [-0.15, -0.1) is 0 Å². The van der Waals surface area contributed by atoms with E-state index >= 15 is 0 Å². The second-order valence-electron chi connectivity index (χ2n) is 18.5. The van der Waals surface area contributed by atoms with E-state index in [1.807, 2.05) is 0 Å². The van der Waals surface area contributed by atoms with Crippen molar-refractivity contribution in [2.75, 3.05) is 19.8 Å². The lowest BCUT2D eigenvalue weighted by molar-refractivity contribution is -0.155. The van der Waals surface area contributed by atoms with Crippen LogP contribution in [-0.4, -0.2) is 37.9 Å². The van der Waals surface area contributed by atoms with E-state index in [-0.39, 0.29) is 25.2 Å². The molecule has 0 fully saturated rings. The van der Waals surface area contributed by atoms with Crippen molar-refractivity contribution in [3.8, 4) is 0 Å². The largest absolute Gasteiger partial charge is 0.463 e. The molecular weight excluding hydrogens is 789 g/mol. The van der Waals surface area contributed by atoms with Crippen LogP contribution in [0.1, 0.15) is 278 Å². The van der Waals surface area contributed by atoms with E-state index in [4.69, 9.17) is 14.2 Å². The van der Waals surface area contributed by atoms with Gasteiger partial charge in [0.05, 0.1) is 0 Å². The number of ether oxygens (including phenoxy) is 3. The molecular formula is C59H106O5. The molecule has 5 heteroatoms. The summed E-state index contributed by atoms with van der Waals surface area (Å²) in [5, 5.41) is 0. The maximum Gasteiger partial charge on any atom is 0.305 e. The highest BCUT2D eigenvalue weighted by Crippen LogP contribution is 2.15. The zero-order valence-electron chi connectivity index (χ0n) is 42.8. The maximum atomic E-state index is 12.6. The zero-order chi connectivity index (χ0) is 46.3. The Hall–Kier alpha value is -2.40. The standard InChI is InChI=1S/C59H106O5/c1-4-7-10-13-16-19-22-25-28-30-32-35-38-41-44-47-50-53-59(61)64-56-57(62-54-51-48-45-42-39-36-33-29-26-23-20-17-14-11-8-5-2)55-63-58(60)52-49-46-43-40-37-34-31-27-24-21-18-15-12-9-6-3/h7,10,16,19,25,27-28,31-32,35,57H,4-6,8-9,11-15,17-18,20-24,26,29-30,33-34,36-56H2,1-3H3/b10-7-,19-16-,28-25-,31-27-,35-32-/t57-/m0/s1. The molecule has 0 heterocycles. The normalized spacial score (nSPS) is 12.6. The summed E-state index contributed by atoms with van der Waals surface area (Å²) in [7, 11) is 0. The summed E-state index contributed by atoms with van der Waals surface area (Å²) in [6, 6.07) is 0. The number of allylic oxidation sites excluding steroid dienone is 10. The van der Waals surface area contributed by atoms with E-state index in [2.05, 4.69) is 81.5 Å². The summed E-state index contributed by atoms with van der Waals surface area (Å²) >= 11 is 0. The molecule has 0 rings (SSSR count). The van der Waals surface area contributed by atoms with Crippen molar-refractivity contribution in [1.29, 1.82) is 0 Å². The molecule has 0 amide bonds. The van der Waals surface area contributed by atoms with Crippen molar-refractivity contribution in [2.45, 2.75) is 284 Å². The van der Waals surface area contributed by atoms with Crippen LogP contribution in [0, 0.1) is 0 Å². The minimum absolute atomic E-state index is 0.143. The third kappa shape index (κ3) is 52.2. The summed E-state index contributed by atoms with van der Waals surface area (Å²) in [5.41, 5.74) is 0. The molecule has 0 saturated heterocycles. The van der Waals surface area contributed by atoms with Gasteiger partial charge in [-0.2, -0.15) is 0 Å². The van der Waals surface area contributed by atoms with Crippen LogP contribution in [0.5, 0.6) is 0 Å². The second kappa shape index (κ2) is 54.9. The molecule has 0 spiro atoms. The van der Waals surface area contributed by atoms with Crippen LogP contribution < -0.4 is 0 Å². The first kappa shape index (κ1) is 61.6. The molecule has 0 aliphatic heterocycles. The SMILES string of the molecule is CC/C=C\C/C=C\C/C=C\C/C=C\CCCCCCC(=O)OC[C@H](COC(=O)CCCCCCC/C=C\CCCCCCCC)OCCCCCCCCCCCCCCCCCC. The third-order valence-electron chi connectivity index (χ3n) is 12.1. The van der Waals surface area contributed by atoms with E-state index in [0.717, 1.165) is 96.3 Å². The number of rotatable bonds is 51. The zero-order valence-corrected chi connectivity index (χ0v) is 42.8. The maximum absolute atomic E-state index is 12.6. The number of unbranched alkanes of at least 4 members (excludes halogenated alkanes) is 30. The van der Waals surface area contributed by atoms with Crippen molar-refractivity contribution < 1.29 is 23.8 Å². The fourth-order valence-corrected chi connectivity index (χ4v) is 7.88. The van der Waals surface area contributed by atoms with Crippen molar-refractivity contribution >= 4 is 11.9 Å². The van der Waals surface area contributed by atoms with E-state index < -0.39 is 6.10 Å². The molecule has 0 aromatic heterocycles. The van der Waals surface area contributed by atoms with Crippen LogP contribution in [-0.2, 0) is 23.8 Å². The predicted molar refractivity (Wildman–Crippen MR) is 279 cm³/mol. The first-order chi connectivity index (χ1) is 31.6. The van der Waals surface area contributed by atoms with Gasteiger partial charge in [0.2, 0.25) is 0 Å². The second-order valence-corrected chi connectivity index (χ2v) is 18.5. The van der Waals surface area contributed by atoms with Gasteiger partial charge < -0.3 is 14.2 Å². The number of hydrogen-bond donors (Lipinski definition) is 0. The predicted octanol–water partition coefficient (Wildman–Crippen LogP) is 18.9. The van der Waals surface area contributed by atoms with Gasteiger partial charge in [0.15, 0.2) is 0 Å². The number of carbonyl (C=O) groups is 2. The Bertz CT molecular complexity index is 1100. The average Bonchev–Trinajstić information content (AvgIpc) is 3.30. The van der Waals surface area contributed by atoms with Crippen molar-refractivity contribution in [3.63, 3.8) is 0 Å². The minimum atomic E-state index is -0.413. The number of carbonyl (C=O) groups excluding carboxylic acids is 2. The topological polar surface area (TPSA) is 61.8 Å². The lowest BCUT2D eigenvalue weighted by Crippen LogP contribution is -2.29. The summed E-state index contributed by atoms with van der Waals surface area (Å²) in [5.74, 6) is -0.361. The molecule has 0 aliphatic carbocycles. The van der Waals surface area contributed by atoms with Crippen LogP contribution in [0.2, 0.25) is 0 Å². The smallest absolute Gasteiger partial charge is 0.305 e.